The number of hydrogen-bond acceptors (Lipinski definition) is 4. The lowest BCUT2D eigenvalue weighted by Gasteiger charge is -2.07. The van der Waals surface area contributed by atoms with Gasteiger partial charge in [-0.2, -0.15) is 0 Å². The van der Waals surface area contributed by atoms with Crippen LogP contribution in [0.5, 0.6) is 11.5 Å². The lowest BCUT2D eigenvalue weighted by Crippen LogP contribution is -1.99. The maximum atomic E-state index is 11.0. The van der Waals surface area contributed by atoms with E-state index in [-0.39, 0.29) is 0 Å². The molecule has 0 fully saturated rings. The maximum Gasteiger partial charge on any atom is 0.252 e. The van der Waals surface area contributed by atoms with E-state index in [2.05, 4.69) is 0 Å². The van der Waals surface area contributed by atoms with Gasteiger partial charge in [0.15, 0.2) is 0 Å². The van der Waals surface area contributed by atoms with Crippen LogP contribution < -0.4 is 9.47 Å². The zero-order valence-electron chi connectivity index (χ0n) is 15.7. The van der Waals surface area contributed by atoms with Crippen LogP contribution in [-0.4, -0.2) is 23.7 Å². The van der Waals surface area contributed by atoms with Crippen molar-refractivity contribution in [1.29, 1.82) is 0 Å². The molecule has 0 amide bonds. The highest BCUT2D eigenvalue weighted by Gasteiger charge is 2.02. The number of ether oxygens (including phenoxy) is 2. The molecule has 0 aliphatic rings. The summed E-state index contributed by atoms with van der Waals surface area (Å²) < 4.78 is 11.3. The third-order valence-corrected chi connectivity index (χ3v) is 4.68. The lowest BCUT2D eigenvalue weighted by atomic mass is 10.1. The van der Waals surface area contributed by atoms with Crippen LogP contribution in [0, 0.1) is 0 Å². The highest BCUT2D eigenvalue weighted by molar-refractivity contribution is 6.68. The number of benzene rings is 2. The van der Waals surface area contributed by atoms with Gasteiger partial charge in [0.05, 0.1) is 13.2 Å². The van der Waals surface area contributed by atoms with E-state index >= 15 is 0 Å². The molecule has 2 aromatic carbocycles. The summed E-state index contributed by atoms with van der Waals surface area (Å²) in [4.78, 5) is 22.0. The summed E-state index contributed by atoms with van der Waals surface area (Å²) in [6, 6.07) is 13.7. The van der Waals surface area contributed by atoms with Crippen LogP contribution in [0.2, 0.25) is 0 Å². The Hall–Kier alpha value is -2.04. The average Bonchev–Trinajstić information content (AvgIpc) is 2.70. The highest BCUT2D eigenvalue weighted by atomic mass is 35.5. The van der Waals surface area contributed by atoms with Gasteiger partial charge in [-0.05, 0) is 84.6 Å². The second-order valence-electron chi connectivity index (χ2n) is 6.41. The predicted molar refractivity (Wildman–Crippen MR) is 112 cm³/mol. The van der Waals surface area contributed by atoms with Crippen LogP contribution in [0.4, 0.5) is 0 Å². The Bertz CT molecular complexity index is 677. The quantitative estimate of drug-likeness (QED) is 0.283. The summed E-state index contributed by atoms with van der Waals surface area (Å²) in [5, 5.41) is -0.921. The predicted octanol–water partition coefficient (Wildman–Crippen LogP) is 6.24. The van der Waals surface area contributed by atoms with Gasteiger partial charge in [-0.1, -0.05) is 25.7 Å². The minimum Gasteiger partial charge on any atom is -0.494 e. The molecule has 6 heteroatoms. The average molecular weight is 423 g/mol. The fourth-order valence-corrected chi connectivity index (χ4v) is 2.91. The molecule has 2 rings (SSSR count). The second-order valence-corrected chi connectivity index (χ2v) is 7.10. The zero-order chi connectivity index (χ0) is 20.2. The van der Waals surface area contributed by atoms with Gasteiger partial charge in [-0.3, -0.25) is 9.59 Å². The van der Waals surface area contributed by atoms with Gasteiger partial charge in [0.1, 0.15) is 11.5 Å². The first-order valence-corrected chi connectivity index (χ1v) is 10.2. The van der Waals surface area contributed by atoms with E-state index < -0.39 is 10.5 Å². The minimum absolute atomic E-state index is 0.460. The second kappa shape index (κ2) is 12.4. The number of rotatable bonds is 13. The van der Waals surface area contributed by atoms with Gasteiger partial charge in [-0.15, -0.1) is 0 Å². The number of carbonyl (C=O) groups is 2. The molecule has 0 heterocycles. The molecular formula is C22H24Cl2O4. The standard InChI is InChI=1S/C22H24Cl2O4/c23-21(25)17-7-11-19(12-8-17)27-15-5-3-1-2-4-6-16-28-20-13-9-18(10-14-20)22(24)26/h7-14H,1-6,15-16H2. The summed E-state index contributed by atoms with van der Waals surface area (Å²) >= 11 is 10.8. The van der Waals surface area contributed by atoms with Gasteiger partial charge >= 0.3 is 0 Å². The smallest absolute Gasteiger partial charge is 0.252 e. The van der Waals surface area contributed by atoms with Crippen LogP contribution in [0.15, 0.2) is 48.5 Å². The van der Waals surface area contributed by atoms with Crippen molar-refractivity contribution < 1.29 is 19.1 Å². The minimum atomic E-state index is -0.460. The fourth-order valence-electron chi connectivity index (χ4n) is 2.66. The van der Waals surface area contributed by atoms with E-state index in [0.29, 0.717) is 24.3 Å². The van der Waals surface area contributed by atoms with Crippen LogP contribution in [0.25, 0.3) is 0 Å². The summed E-state index contributed by atoms with van der Waals surface area (Å²) in [7, 11) is 0. The first-order chi connectivity index (χ1) is 13.6. The van der Waals surface area contributed by atoms with Crippen molar-refractivity contribution in [2.24, 2.45) is 0 Å². The Morgan fingerprint density at radius 2 is 0.893 bits per heavy atom. The third kappa shape index (κ3) is 8.32. The van der Waals surface area contributed by atoms with Crippen molar-refractivity contribution in [3.8, 4) is 11.5 Å². The first-order valence-electron chi connectivity index (χ1n) is 9.41. The summed E-state index contributed by atoms with van der Waals surface area (Å²) in [6.07, 6.45) is 6.56. The summed E-state index contributed by atoms with van der Waals surface area (Å²) in [5.74, 6) is 1.50. The van der Waals surface area contributed by atoms with E-state index in [1.807, 2.05) is 0 Å². The largest absolute Gasteiger partial charge is 0.494 e. The van der Waals surface area contributed by atoms with Crippen molar-refractivity contribution >= 4 is 33.7 Å². The first kappa shape index (κ1) is 22.3. The Balaban J connectivity index is 1.45. The Morgan fingerprint density at radius 3 is 1.21 bits per heavy atom. The molecule has 0 N–H and O–H groups in total. The van der Waals surface area contributed by atoms with E-state index in [1.54, 1.807) is 48.5 Å². The van der Waals surface area contributed by atoms with E-state index in [1.165, 1.54) is 0 Å². The molecular weight excluding hydrogens is 399 g/mol. The molecule has 4 nitrogen and oxygen atoms in total. The normalized spacial score (nSPS) is 10.5. The number of halogens is 2. The SMILES string of the molecule is O=C(Cl)c1ccc(OCCCCCCCCOc2ccc(C(=O)Cl)cc2)cc1. The molecule has 2 aromatic rings. The zero-order valence-corrected chi connectivity index (χ0v) is 17.2. The van der Waals surface area contributed by atoms with Gasteiger partial charge in [-0.25, -0.2) is 0 Å². The van der Waals surface area contributed by atoms with E-state index in [9.17, 15) is 9.59 Å². The van der Waals surface area contributed by atoms with Crippen LogP contribution >= 0.6 is 23.2 Å². The van der Waals surface area contributed by atoms with Crippen molar-refractivity contribution in [2.75, 3.05) is 13.2 Å². The molecule has 0 aliphatic heterocycles. The van der Waals surface area contributed by atoms with Gasteiger partial charge in [0.2, 0.25) is 0 Å². The van der Waals surface area contributed by atoms with Crippen LogP contribution in [0.1, 0.15) is 59.2 Å². The van der Waals surface area contributed by atoms with Gasteiger partial charge in [0, 0.05) is 11.1 Å². The topological polar surface area (TPSA) is 52.6 Å². The third-order valence-electron chi connectivity index (χ3n) is 4.24. The molecule has 0 spiro atoms. The lowest BCUT2D eigenvalue weighted by molar-refractivity contribution is 0.107. The summed E-state index contributed by atoms with van der Waals surface area (Å²) in [6.45, 7) is 1.33. The molecule has 150 valence electrons. The van der Waals surface area contributed by atoms with E-state index in [4.69, 9.17) is 32.7 Å². The van der Waals surface area contributed by atoms with Crippen molar-refractivity contribution in [3.05, 3.63) is 59.7 Å². The fraction of sp³-hybridized carbons (Fsp3) is 0.364. The molecule has 0 bridgehead atoms. The van der Waals surface area contributed by atoms with Gasteiger partial charge < -0.3 is 9.47 Å². The maximum absolute atomic E-state index is 11.0. The monoisotopic (exact) mass is 422 g/mol. The molecule has 0 saturated heterocycles. The highest BCUT2D eigenvalue weighted by Crippen LogP contribution is 2.16. The van der Waals surface area contributed by atoms with Crippen molar-refractivity contribution in [3.63, 3.8) is 0 Å². The molecule has 0 aromatic heterocycles. The van der Waals surface area contributed by atoms with E-state index in [0.717, 1.165) is 50.0 Å². The molecule has 0 saturated carbocycles. The molecule has 0 radical (unpaired) electrons. The van der Waals surface area contributed by atoms with Gasteiger partial charge in [0.25, 0.3) is 10.5 Å². The molecule has 0 aliphatic carbocycles. The number of unbranched alkanes of at least 4 members (excludes halogenated alkanes) is 5. The summed E-state index contributed by atoms with van der Waals surface area (Å²) in [5.41, 5.74) is 0.945. The Kier molecular flexibility index (Phi) is 9.87. The molecule has 0 atom stereocenters. The number of carbonyl (C=O) groups excluding carboxylic acids is 2. The van der Waals surface area contributed by atoms with Crippen molar-refractivity contribution in [2.45, 2.75) is 38.5 Å². The molecule has 28 heavy (non-hydrogen) atoms. The number of hydrogen-bond donors (Lipinski definition) is 0. The van der Waals surface area contributed by atoms with Crippen molar-refractivity contribution in [1.82, 2.24) is 0 Å². The Labute approximate surface area is 175 Å². The van der Waals surface area contributed by atoms with Crippen LogP contribution in [0.3, 0.4) is 0 Å². The van der Waals surface area contributed by atoms with Crippen LogP contribution in [-0.2, 0) is 0 Å². The Morgan fingerprint density at radius 1 is 0.571 bits per heavy atom. The molecule has 0 unspecified atom stereocenters.